The summed E-state index contributed by atoms with van der Waals surface area (Å²) in [4.78, 5) is 67.5. The van der Waals surface area contributed by atoms with Crippen molar-refractivity contribution in [2.24, 2.45) is 0 Å². The number of benzene rings is 2. The van der Waals surface area contributed by atoms with E-state index in [4.69, 9.17) is 21.4 Å². The molecule has 8 aromatic heterocycles. The molecule has 4 unspecified atom stereocenters. The van der Waals surface area contributed by atoms with Crippen molar-refractivity contribution in [3.8, 4) is 44.8 Å². The van der Waals surface area contributed by atoms with Crippen molar-refractivity contribution in [3.05, 3.63) is 145 Å². The van der Waals surface area contributed by atoms with E-state index in [9.17, 15) is 28.0 Å². The maximum absolute atomic E-state index is 13.2. The summed E-state index contributed by atoms with van der Waals surface area (Å²) in [5.41, 5.74) is 20.8. The van der Waals surface area contributed by atoms with E-state index in [-0.39, 0.29) is 75.9 Å². The minimum atomic E-state index is -3.78. The van der Waals surface area contributed by atoms with Crippen LogP contribution in [0.4, 0.5) is 17.5 Å². The average molecular weight is 1120 g/mol. The van der Waals surface area contributed by atoms with Crippen LogP contribution in [-0.4, -0.2) is 149 Å². The van der Waals surface area contributed by atoms with E-state index in [0.717, 1.165) is 64.6 Å². The SMILES string of the molecule is CC(=O)c1c(N2CC3CCC(C2)N3C(=O)c2ncn[nH]2)nc2c(-c3ccc(-c4ccccc4)nc3)cnn2c1N.CS(=O)(=O)c1c(C2CC3CCC(C2)N3C(=O)c2ncn[nH]2)nc2c(-c3ccc(-c4ccccc4)[n+](O)c3)cnn2c1N. The minimum absolute atomic E-state index is 0.0194. The van der Waals surface area contributed by atoms with E-state index in [2.05, 4.69) is 50.4 Å². The van der Waals surface area contributed by atoms with Crippen LogP contribution < -0.4 is 21.1 Å². The zero-order valence-electron chi connectivity index (χ0n) is 44.4. The molecule has 4 fully saturated rings. The molecule has 7 N–H and O–H groups in total. The fraction of sp³-hybridized carbons (Fsp3) is 0.268. The predicted molar refractivity (Wildman–Crippen MR) is 298 cm³/mol. The molecule has 414 valence electrons. The first-order chi connectivity index (χ1) is 39.7. The van der Waals surface area contributed by atoms with Crippen molar-refractivity contribution in [2.75, 3.05) is 35.7 Å². The molecule has 12 heterocycles. The molecule has 4 saturated heterocycles. The number of anilines is 3. The Bertz CT molecular complexity index is 4190. The largest absolute Gasteiger partial charge is 0.383 e. The highest BCUT2D eigenvalue weighted by molar-refractivity contribution is 7.91. The zero-order valence-corrected chi connectivity index (χ0v) is 45.2. The number of piperidine rings is 1. The Kier molecular flexibility index (Phi) is 12.7. The van der Waals surface area contributed by atoms with Gasteiger partial charge in [-0.1, -0.05) is 54.6 Å². The maximum atomic E-state index is 13.2. The fourth-order valence-electron chi connectivity index (χ4n) is 12.5. The van der Waals surface area contributed by atoms with E-state index >= 15 is 0 Å². The molecule has 2 aromatic carbocycles. The van der Waals surface area contributed by atoms with Gasteiger partial charge < -0.3 is 26.2 Å². The van der Waals surface area contributed by atoms with Crippen LogP contribution in [0.15, 0.2) is 127 Å². The number of fused-ring (bicyclic) bond motifs is 6. The van der Waals surface area contributed by atoms with Gasteiger partial charge in [-0.2, -0.15) is 29.4 Å². The van der Waals surface area contributed by atoms with Gasteiger partial charge in [0.15, 0.2) is 26.9 Å². The summed E-state index contributed by atoms with van der Waals surface area (Å²) >= 11 is 0. The number of rotatable bonds is 10. The number of nitrogen functional groups attached to an aromatic ring is 2. The number of sulfone groups is 1. The lowest BCUT2D eigenvalue weighted by molar-refractivity contribution is -0.895. The molecule has 25 nitrogen and oxygen atoms in total. The lowest BCUT2D eigenvalue weighted by Crippen LogP contribution is -2.56. The number of aromatic nitrogens is 14. The van der Waals surface area contributed by atoms with Gasteiger partial charge in [-0.3, -0.25) is 34.8 Å². The summed E-state index contributed by atoms with van der Waals surface area (Å²) in [6, 6.07) is 26.7. The number of nitrogens with one attached hydrogen (secondary N) is 2. The molecule has 26 heteroatoms. The lowest BCUT2D eigenvalue weighted by Gasteiger charge is -2.41. The Hall–Kier alpha value is -9.98. The molecule has 4 bridgehead atoms. The standard InChI is InChI=1S/C28H26N10O2.C28H27N9O4S/c1-16(39)23-24(29)38-26(21(12-33-38)18-7-10-22(30-11-18)17-5-3-2-4-6-17)34-27(23)36-13-19-8-9-20(14-36)37(19)28(40)25-31-15-32-35-25;1-42(40,41)24-23(18-11-19-8-9-20(12-18)36(19)28(38)26-30-15-31-34-26)33-27-21(13-32-37(27)25(24)29)17-7-10-22(35(39)14-17)16-5-3-2-4-6-16/h2-7,10-12,15,19-20H,8-9,13-14,29H2,1H3,(H,31,32,35);2-7,10,13-15,18-20H,8-9,11-12H2,1H3,(H3-,29,30,31,32,33,34,38,39)/p+1. The molecular weight excluding hydrogens is 1070 g/mol. The number of pyridine rings is 2. The molecule has 4 aliphatic rings. The number of piperazine rings is 1. The van der Waals surface area contributed by atoms with Crippen LogP contribution in [0.3, 0.4) is 0 Å². The second kappa shape index (κ2) is 20.3. The van der Waals surface area contributed by atoms with Gasteiger partial charge >= 0.3 is 0 Å². The number of hydrogen-bond donors (Lipinski definition) is 5. The zero-order chi connectivity index (χ0) is 56.6. The number of nitrogens with zero attached hydrogens (tertiary/aromatic N) is 15. The molecule has 82 heavy (non-hydrogen) atoms. The van der Waals surface area contributed by atoms with Gasteiger partial charge in [0, 0.05) is 71.0 Å². The monoisotopic (exact) mass is 1120 g/mol. The summed E-state index contributed by atoms with van der Waals surface area (Å²) in [6.07, 6.45) is 14.8. The van der Waals surface area contributed by atoms with E-state index in [1.54, 1.807) is 30.9 Å². The maximum Gasteiger partial charge on any atom is 0.291 e. The number of nitrogens with two attached hydrogens (primary N) is 2. The molecule has 4 atom stereocenters. The van der Waals surface area contributed by atoms with Gasteiger partial charge in [-0.25, -0.2) is 28.4 Å². The number of hydrogen-bond acceptors (Lipinski definition) is 18. The third-order valence-electron chi connectivity index (χ3n) is 16.1. The third-order valence-corrected chi connectivity index (χ3v) is 17.3. The summed E-state index contributed by atoms with van der Waals surface area (Å²) in [6.45, 7) is 2.53. The summed E-state index contributed by atoms with van der Waals surface area (Å²) in [5, 5.41) is 32.6. The first kappa shape index (κ1) is 51.5. The Morgan fingerprint density at radius 2 is 1.20 bits per heavy atom. The number of aromatic amines is 2. The average Bonchev–Trinajstić information content (AvgIpc) is 4.45. The summed E-state index contributed by atoms with van der Waals surface area (Å²) in [7, 11) is -3.78. The fourth-order valence-corrected chi connectivity index (χ4v) is 13.5. The Morgan fingerprint density at radius 1 is 0.646 bits per heavy atom. The molecule has 2 amide bonds. The van der Waals surface area contributed by atoms with Crippen molar-refractivity contribution < 1.29 is 32.7 Å². The lowest BCUT2D eigenvalue weighted by atomic mass is 9.87. The number of carbonyl (C=O) groups excluding carboxylic acids is 3. The Morgan fingerprint density at radius 3 is 1.74 bits per heavy atom. The van der Waals surface area contributed by atoms with Crippen LogP contribution in [0.2, 0.25) is 0 Å². The van der Waals surface area contributed by atoms with Gasteiger partial charge in [0.25, 0.3) is 17.5 Å². The van der Waals surface area contributed by atoms with Crippen molar-refractivity contribution in [1.82, 2.24) is 74.3 Å². The third kappa shape index (κ3) is 8.95. The van der Waals surface area contributed by atoms with Crippen LogP contribution >= 0.6 is 0 Å². The number of carbonyl (C=O) groups is 3. The second-order valence-electron chi connectivity index (χ2n) is 21.1. The molecule has 10 aromatic rings. The van der Waals surface area contributed by atoms with Crippen molar-refractivity contribution in [3.63, 3.8) is 0 Å². The highest BCUT2D eigenvalue weighted by atomic mass is 32.2. The number of amides is 2. The van der Waals surface area contributed by atoms with Crippen LogP contribution in [-0.2, 0) is 9.84 Å². The number of Topliss-reactive ketones (excluding diaryl/α,β-unsaturated/α-hetero) is 1. The van der Waals surface area contributed by atoms with Crippen LogP contribution in [0.5, 0.6) is 0 Å². The van der Waals surface area contributed by atoms with E-state index in [1.165, 1.54) is 28.6 Å². The molecule has 0 saturated carbocycles. The second-order valence-corrected chi connectivity index (χ2v) is 23.0. The normalized spacial score (nSPS) is 19.4. The Labute approximate surface area is 467 Å². The molecular formula is C56H54N19O6S+. The van der Waals surface area contributed by atoms with Gasteiger partial charge in [0.1, 0.15) is 40.6 Å². The summed E-state index contributed by atoms with van der Waals surface area (Å²) < 4.78 is 30.0. The molecule has 0 spiro atoms. The first-order valence-electron chi connectivity index (χ1n) is 26.7. The molecule has 0 radical (unpaired) electrons. The highest BCUT2D eigenvalue weighted by Gasteiger charge is 2.47. The molecule has 4 aliphatic heterocycles. The van der Waals surface area contributed by atoms with Gasteiger partial charge in [-0.05, 0) is 69.7 Å². The van der Waals surface area contributed by atoms with Crippen LogP contribution in [0.1, 0.15) is 88.7 Å². The van der Waals surface area contributed by atoms with Crippen molar-refractivity contribution in [1.29, 1.82) is 0 Å². The van der Waals surface area contributed by atoms with Crippen LogP contribution in [0, 0.1) is 0 Å². The van der Waals surface area contributed by atoms with Gasteiger partial charge in [0.2, 0.25) is 17.8 Å². The Balaban J connectivity index is 0.000000154. The first-order valence-corrected chi connectivity index (χ1v) is 28.6. The van der Waals surface area contributed by atoms with E-state index in [1.807, 2.05) is 88.7 Å². The number of H-pyrrole nitrogens is 2. The predicted octanol–water partition coefficient (Wildman–Crippen LogP) is 5.10. The quantitative estimate of drug-likeness (QED) is 0.0676. The smallest absolute Gasteiger partial charge is 0.291 e. The van der Waals surface area contributed by atoms with E-state index < -0.39 is 9.84 Å². The number of ketones is 1. The van der Waals surface area contributed by atoms with Crippen molar-refractivity contribution in [2.45, 2.75) is 80.4 Å². The van der Waals surface area contributed by atoms with Crippen molar-refractivity contribution >= 4 is 56.2 Å². The topological polar surface area (TPSA) is 328 Å². The van der Waals surface area contributed by atoms with Gasteiger partial charge in [-0.15, -0.1) is 0 Å². The van der Waals surface area contributed by atoms with Gasteiger partial charge in [0.05, 0.1) is 52.6 Å². The molecule has 14 rings (SSSR count). The van der Waals surface area contributed by atoms with Crippen LogP contribution in [0.25, 0.3) is 56.1 Å². The minimum Gasteiger partial charge on any atom is -0.383 e. The highest BCUT2D eigenvalue weighted by Crippen LogP contribution is 2.46. The van der Waals surface area contributed by atoms with E-state index in [0.29, 0.717) is 71.1 Å². The molecule has 0 aliphatic carbocycles. The summed E-state index contributed by atoms with van der Waals surface area (Å²) in [5.74, 6) is 0.335.